The van der Waals surface area contributed by atoms with E-state index in [-0.39, 0.29) is 6.04 Å². The minimum atomic E-state index is 0.213. The Morgan fingerprint density at radius 1 is 1.24 bits per heavy atom. The first-order valence-electron chi connectivity index (χ1n) is 7.06. The van der Waals surface area contributed by atoms with Crippen molar-refractivity contribution in [1.82, 2.24) is 19.9 Å². The van der Waals surface area contributed by atoms with Gasteiger partial charge in [0.25, 0.3) is 5.89 Å². The molecule has 0 amide bonds. The normalized spacial score (nSPS) is 28.0. The Labute approximate surface area is 127 Å². The van der Waals surface area contributed by atoms with E-state index in [2.05, 4.69) is 19.9 Å². The molecule has 3 aliphatic rings. The molecule has 7 heteroatoms. The second-order valence-corrected chi connectivity index (χ2v) is 5.98. The van der Waals surface area contributed by atoms with Crippen LogP contribution in [0.2, 0.25) is 5.02 Å². The third kappa shape index (κ3) is 2.29. The maximum atomic E-state index is 6.01. The van der Waals surface area contributed by atoms with Crippen LogP contribution in [0, 0.1) is 0 Å². The number of nitrogens with two attached hydrogens (primary N) is 1. The van der Waals surface area contributed by atoms with Crippen molar-refractivity contribution in [3.63, 3.8) is 0 Å². The van der Waals surface area contributed by atoms with E-state index in [1.807, 2.05) is 0 Å². The highest BCUT2D eigenvalue weighted by Gasteiger charge is 2.35. The second kappa shape index (κ2) is 4.98. The van der Waals surface area contributed by atoms with E-state index in [4.69, 9.17) is 21.9 Å². The highest BCUT2D eigenvalue weighted by molar-refractivity contribution is 6.31. The van der Waals surface area contributed by atoms with Gasteiger partial charge in [-0.2, -0.15) is 4.98 Å². The van der Waals surface area contributed by atoms with Gasteiger partial charge in [-0.1, -0.05) is 16.8 Å². The zero-order valence-corrected chi connectivity index (χ0v) is 12.3. The first kappa shape index (κ1) is 13.1. The zero-order chi connectivity index (χ0) is 14.4. The molecule has 110 valence electrons. The van der Waals surface area contributed by atoms with Crippen LogP contribution in [0.3, 0.4) is 0 Å². The number of piperazine rings is 3. The van der Waals surface area contributed by atoms with Crippen LogP contribution >= 0.6 is 11.6 Å². The van der Waals surface area contributed by atoms with E-state index in [1.54, 1.807) is 18.2 Å². The summed E-state index contributed by atoms with van der Waals surface area (Å²) in [6.45, 7) is 5.34. The third-order valence-corrected chi connectivity index (χ3v) is 4.50. The molecule has 0 aliphatic carbocycles. The van der Waals surface area contributed by atoms with E-state index in [0.29, 0.717) is 22.2 Å². The molecule has 4 heterocycles. The average Bonchev–Trinajstić information content (AvgIpc) is 3.00. The molecule has 1 unspecified atom stereocenters. The third-order valence-electron chi connectivity index (χ3n) is 4.26. The molecule has 1 atom stereocenters. The number of rotatable bonds is 2. The number of anilines is 1. The lowest BCUT2D eigenvalue weighted by Crippen LogP contribution is -2.57. The van der Waals surface area contributed by atoms with Crippen LogP contribution in [0.25, 0.3) is 11.5 Å². The van der Waals surface area contributed by atoms with E-state index in [1.165, 1.54) is 0 Å². The van der Waals surface area contributed by atoms with Gasteiger partial charge in [0.15, 0.2) is 5.82 Å². The number of fused-ring (bicyclic) bond motifs is 3. The fraction of sp³-hybridized carbons (Fsp3) is 0.429. The molecule has 0 spiro atoms. The van der Waals surface area contributed by atoms with E-state index in [9.17, 15) is 0 Å². The van der Waals surface area contributed by atoms with Crippen molar-refractivity contribution in [3.05, 3.63) is 29.0 Å². The topological polar surface area (TPSA) is 71.4 Å². The summed E-state index contributed by atoms with van der Waals surface area (Å²) in [4.78, 5) is 9.39. The molecule has 3 fully saturated rings. The smallest absolute Gasteiger partial charge is 0.260 e. The van der Waals surface area contributed by atoms with Gasteiger partial charge in [0.1, 0.15) is 0 Å². The Morgan fingerprint density at radius 3 is 2.76 bits per heavy atom. The van der Waals surface area contributed by atoms with Gasteiger partial charge in [0, 0.05) is 43.4 Å². The maximum absolute atomic E-state index is 6.01. The summed E-state index contributed by atoms with van der Waals surface area (Å²) in [6.07, 6.45) is 0. The number of nitrogens with zero attached hydrogens (tertiary/aromatic N) is 4. The largest absolute Gasteiger partial charge is 0.398 e. The summed E-state index contributed by atoms with van der Waals surface area (Å²) >= 11 is 6.01. The Kier molecular flexibility index (Phi) is 3.10. The predicted octanol–water partition coefficient (Wildman–Crippen LogP) is 1.64. The van der Waals surface area contributed by atoms with Gasteiger partial charge in [0.05, 0.1) is 11.6 Å². The van der Waals surface area contributed by atoms with Gasteiger partial charge >= 0.3 is 0 Å². The first-order chi connectivity index (χ1) is 10.2. The van der Waals surface area contributed by atoms with Crippen LogP contribution < -0.4 is 5.73 Å². The molecular formula is C14H16ClN5O. The Bertz CT molecular complexity index is 665. The molecular weight excluding hydrogens is 290 g/mol. The molecule has 0 saturated carbocycles. The van der Waals surface area contributed by atoms with Crippen LogP contribution in [0.5, 0.6) is 0 Å². The molecule has 6 nitrogen and oxygen atoms in total. The molecule has 1 aromatic heterocycles. The summed E-state index contributed by atoms with van der Waals surface area (Å²) in [5, 5.41) is 4.76. The fourth-order valence-corrected chi connectivity index (χ4v) is 3.23. The summed E-state index contributed by atoms with van der Waals surface area (Å²) in [5.41, 5.74) is 7.24. The molecule has 2 aromatic rings. The predicted molar refractivity (Wildman–Crippen MR) is 79.9 cm³/mol. The first-order valence-corrected chi connectivity index (χ1v) is 7.44. The number of halogens is 1. The molecule has 5 rings (SSSR count). The molecule has 3 aliphatic heterocycles. The van der Waals surface area contributed by atoms with Crippen LogP contribution in [-0.2, 0) is 0 Å². The van der Waals surface area contributed by atoms with E-state index >= 15 is 0 Å². The van der Waals surface area contributed by atoms with Gasteiger partial charge in [-0.3, -0.25) is 9.80 Å². The Hall–Kier alpha value is -1.63. The molecule has 2 N–H and O–H groups in total. The van der Waals surface area contributed by atoms with E-state index < -0.39 is 0 Å². The highest BCUT2D eigenvalue weighted by atomic mass is 35.5. The second-order valence-electron chi connectivity index (χ2n) is 5.54. The summed E-state index contributed by atoms with van der Waals surface area (Å²) < 4.78 is 5.40. The standard InChI is InChI=1S/C14H16ClN5O/c15-9-1-2-11(16)10(7-9)14-17-13(18-21-14)12-8-19-3-5-20(12)6-4-19/h1-2,7,12H,3-6,8,16H2. The van der Waals surface area contributed by atoms with Gasteiger partial charge in [-0.25, -0.2) is 0 Å². The molecule has 21 heavy (non-hydrogen) atoms. The van der Waals surface area contributed by atoms with Crippen LogP contribution in [-0.4, -0.2) is 52.7 Å². The van der Waals surface area contributed by atoms with Crippen LogP contribution in [0.15, 0.2) is 22.7 Å². The minimum absolute atomic E-state index is 0.213. The summed E-state index contributed by atoms with van der Waals surface area (Å²) in [7, 11) is 0. The van der Waals surface area contributed by atoms with Crippen molar-refractivity contribution in [2.45, 2.75) is 6.04 Å². The minimum Gasteiger partial charge on any atom is -0.398 e. The molecule has 3 saturated heterocycles. The molecule has 1 aromatic carbocycles. The lowest BCUT2D eigenvalue weighted by molar-refractivity contribution is 0.00781. The Morgan fingerprint density at radius 2 is 2.05 bits per heavy atom. The number of hydrogen-bond acceptors (Lipinski definition) is 6. The average molecular weight is 306 g/mol. The number of hydrogen-bond donors (Lipinski definition) is 1. The summed E-state index contributed by atoms with van der Waals surface area (Å²) in [6, 6.07) is 5.46. The van der Waals surface area contributed by atoms with Gasteiger partial charge in [-0.15, -0.1) is 0 Å². The SMILES string of the molecule is Nc1ccc(Cl)cc1-c1nc(C2CN3CCN2CC3)no1. The lowest BCUT2D eigenvalue weighted by Gasteiger charge is -2.46. The maximum Gasteiger partial charge on any atom is 0.260 e. The number of nitrogen functional groups attached to an aromatic ring is 1. The quantitative estimate of drug-likeness (QED) is 0.851. The fourth-order valence-electron chi connectivity index (χ4n) is 3.06. The number of benzene rings is 1. The highest BCUT2D eigenvalue weighted by Crippen LogP contribution is 2.31. The van der Waals surface area contributed by atoms with Gasteiger partial charge in [-0.05, 0) is 18.2 Å². The monoisotopic (exact) mass is 305 g/mol. The van der Waals surface area contributed by atoms with Crippen molar-refractivity contribution < 1.29 is 4.52 Å². The van der Waals surface area contributed by atoms with Gasteiger partial charge < -0.3 is 10.3 Å². The van der Waals surface area contributed by atoms with Crippen LogP contribution in [0.4, 0.5) is 5.69 Å². The van der Waals surface area contributed by atoms with Crippen LogP contribution in [0.1, 0.15) is 11.9 Å². The van der Waals surface area contributed by atoms with Crippen molar-refractivity contribution in [2.75, 3.05) is 38.5 Å². The van der Waals surface area contributed by atoms with E-state index in [0.717, 1.165) is 38.5 Å². The number of aromatic nitrogens is 2. The summed E-state index contributed by atoms with van der Waals surface area (Å²) in [5.74, 6) is 1.16. The lowest BCUT2D eigenvalue weighted by atomic mass is 10.1. The van der Waals surface area contributed by atoms with Crippen molar-refractivity contribution in [2.24, 2.45) is 0 Å². The molecule has 0 radical (unpaired) electrons. The Balaban J connectivity index is 1.65. The molecule has 2 bridgehead atoms. The van der Waals surface area contributed by atoms with Crippen molar-refractivity contribution in [3.8, 4) is 11.5 Å². The zero-order valence-electron chi connectivity index (χ0n) is 11.5. The van der Waals surface area contributed by atoms with Crippen molar-refractivity contribution >= 4 is 17.3 Å². The van der Waals surface area contributed by atoms with Crippen molar-refractivity contribution in [1.29, 1.82) is 0 Å². The van der Waals surface area contributed by atoms with Gasteiger partial charge in [0.2, 0.25) is 0 Å².